The SMILES string of the molecule is CO[C@@H]1C[C@H]2CN(Cc3ccnn3-c3ccccc3)C[C@H]2C[C@H]1NC(C)=O. The van der Waals surface area contributed by atoms with Gasteiger partial charge in [0.2, 0.25) is 5.91 Å². The number of benzene rings is 1. The maximum Gasteiger partial charge on any atom is 0.217 e. The standard InChI is InChI=1S/C21H28N4O2/c1-15(26)23-20-10-16-12-24(13-17(16)11-21(20)27-2)14-19-8-9-22-25(19)18-6-4-3-5-7-18/h3-9,16-17,20-21H,10-14H2,1-2H3,(H,23,26)/t16-,17+,20-,21-/m1/s1. The number of amides is 1. The van der Waals surface area contributed by atoms with E-state index in [9.17, 15) is 4.79 Å². The van der Waals surface area contributed by atoms with Crippen LogP contribution in [0.15, 0.2) is 42.6 Å². The lowest BCUT2D eigenvalue weighted by Gasteiger charge is -2.37. The molecule has 1 aromatic heterocycles. The summed E-state index contributed by atoms with van der Waals surface area (Å²) < 4.78 is 7.71. The van der Waals surface area contributed by atoms with E-state index in [-0.39, 0.29) is 18.1 Å². The van der Waals surface area contributed by atoms with Gasteiger partial charge in [-0.1, -0.05) is 18.2 Å². The Balaban J connectivity index is 1.44. The van der Waals surface area contributed by atoms with Crippen molar-refractivity contribution in [1.29, 1.82) is 0 Å². The normalized spacial score (nSPS) is 28.1. The lowest BCUT2D eigenvalue weighted by Crippen LogP contribution is -2.49. The number of rotatable bonds is 5. The molecule has 1 aromatic carbocycles. The third-order valence-corrected chi connectivity index (χ3v) is 5.99. The molecule has 1 N–H and O–H groups in total. The van der Waals surface area contributed by atoms with Crippen LogP contribution in [-0.4, -0.2) is 52.9 Å². The number of nitrogens with zero attached hydrogens (tertiary/aromatic N) is 3. The van der Waals surface area contributed by atoms with E-state index in [4.69, 9.17) is 4.74 Å². The monoisotopic (exact) mass is 368 g/mol. The molecule has 0 bridgehead atoms. The number of likely N-dealkylation sites (tertiary alicyclic amines) is 1. The summed E-state index contributed by atoms with van der Waals surface area (Å²) in [7, 11) is 1.75. The minimum Gasteiger partial charge on any atom is -0.379 e. The van der Waals surface area contributed by atoms with Gasteiger partial charge in [-0.3, -0.25) is 9.69 Å². The topological polar surface area (TPSA) is 59.4 Å². The number of carbonyl (C=O) groups excluding carboxylic acids is 1. The van der Waals surface area contributed by atoms with Crippen molar-refractivity contribution >= 4 is 5.91 Å². The Morgan fingerprint density at radius 2 is 1.93 bits per heavy atom. The molecule has 6 heteroatoms. The summed E-state index contributed by atoms with van der Waals surface area (Å²) in [5.41, 5.74) is 2.31. The average molecular weight is 368 g/mol. The Morgan fingerprint density at radius 1 is 1.19 bits per heavy atom. The Labute approximate surface area is 160 Å². The number of nitrogens with one attached hydrogen (secondary N) is 1. The van der Waals surface area contributed by atoms with Crippen LogP contribution >= 0.6 is 0 Å². The van der Waals surface area contributed by atoms with Crippen molar-refractivity contribution in [3.8, 4) is 5.69 Å². The molecule has 1 saturated heterocycles. The summed E-state index contributed by atoms with van der Waals surface area (Å²) in [5.74, 6) is 1.27. The number of aromatic nitrogens is 2. The molecule has 2 aliphatic rings. The summed E-state index contributed by atoms with van der Waals surface area (Å²) in [5, 5.41) is 7.60. The molecule has 0 spiro atoms. The molecule has 144 valence electrons. The van der Waals surface area contributed by atoms with Gasteiger partial charge in [-0.2, -0.15) is 5.10 Å². The summed E-state index contributed by atoms with van der Waals surface area (Å²) >= 11 is 0. The van der Waals surface area contributed by atoms with Crippen molar-refractivity contribution in [2.24, 2.45) is 11.8 Å². The Hall–Kier alpha value is -2.18. The molecule has 2 heterocycles. The van der Waals surface area contributed by atoms with Crippen LogP contribution < -0.4 is 5.32 Å². The number of hydrogen-bond acceptors (Lipinski definition) is 4. The van der Waals surface area contributed by atoms with Crippen LogP contribution in [0.2, 0.25) is 0 Å². The first-order valence-electron chi connectivity index (χ1n) is 9.74. The predicted octanol–water partition coefficient (Wildman–Crippen LogP) is 2.23. The van der Waals surface area contributed by atoms with Gasteiger partial charge < -0.3 is 10.1 Å². The third kappa shape index (κ3) is 3.92. The molecule has 2 aromatic rings. The number of ether oxygens (including phenoxy) is 1. The van der Waals surface area contributed by atoms with Gasteiger partial charge in [-0.05, 0) is 42.9 Å². The quantitative estimate of drug-likeness (QED) is 0.879. The van der Waals surface area contributed by atoms with E-state index >= 15 is 0 Å². The third-order valence-electron chi connectivity index (χ3n) is 5.99. The van der Waals surface area contributed by atoms with Crippen LogP contribution in [0.5, 0.6) is 0 Å². The van der Waals surface area contributed by atoms with Crippen LogP contribution in [0, 0.1) is 11.8 Å². The Morgan fingerprint density at radius 3 is 2.63 bits per heavy atom. The first-order chi connectivity index (χ1) is 13.1. The Bertz CT molecular complexity index is 775. The lowest BCUT2D eigenvalue weighted by atomic mass is 9.77. The highest BCUT2D eigenvalue weighted by Gasteiger charge is 2.42. The van der Waals surface area contributed by atoms with Crippen LogP contribution in [0.25, 0.3) is 5.69 Å². The number of fused-ring (bicyclic) bond motifs is 1. The van der Waals surface area contributed by atoms with E-state index in [0.717, 1.165) is 38.2 Å². The zero-order valence-electron chi connectivity index (χ0n) is 16.0. The number of para-hydroxylation sites is 1. The average Bonchev–Trinajstić information content (AvgIpc) is 3.27. The first-order valence-corrected chi connectivity index (χ1v) is 9.74. The molecule has 6 nitrogen and oxygen atoms in total. The van der Waals surface area contributed by atoms with E-state index in [1.807, 2.05) is 29.1 Å². The minimum absolute atomic E-state index is 0.0297. The van der Waals surface area contributed by atoms with Gasteiger partial charge in [0, 0.05) is 39.9 Å². The van der Waals surface area contributed by atoms with Gasteiger partial charge in [-0.15, -0.1) is 0 Å². The van der Waals surface area contributed by atoms with Crippen LogP contribution in [0.3, 0.4) is 0 Å². The highest BCUT2D eigenvalue weighted by atomic mass is 16.5. The van der Waals surface area contributed by atoms with Crippen LogP contribution in [-0.2, 0) is 16.1 Å². The molecule has 1 saturated carbocycles. The van der Waals surface area contributed by atoms with E-state index in [2.05, 4.69) is 33.5 Å². The van der Waals surface area contributed by atoms with Gasteiger partial charge >= 0.3 is 0 Å². The summed E-state index contributed by atoms with van der Waals surface area (Å²) in [6, 6.07) is 12.5. The molecular weight excluding hydrogens is 340 g/mol. The number of hydrogen-bond donors (Lipinski definition) is 1. The number of methoxy groups -OCH3 is 1. The largest absolute Gasteiger partial charge is 0.379 e. The molecule has 1 aliphatic carbocycles. The highest BCUT2D eigenvalue weighted by molar-refractivity contribution is 5.73. The fourth-order valence-corrected chi connectivity index (χ4v) is 4.79. The van der Waals surface area contributed by atoms with Crippen molar-refractivity contribution in [3.63, 3.8) is 0 Å². The molecule has 1 aliphatic heterocycles. The second-order valence-corrected chi connectivity index (χ2v) is 7.84. The summed E-state index contributed by atoms with van der Waals surface area (Å²) in [6.45, 7) is 4.63. The molecule has 27 heavy (non-hydrogen) atoms. The molecule has 4 atom stereocenters. The van der Waals surface area contributed by atoms with Crippen molar-refractivity contribution < 1.29 is 9.53 Å². The zero-order chi connectivity index (χ0) is 18.8. The summed E-state index contributed by atoms with van der Waals surface area (Å²) in [6.07, 6.45) is 4.00. The number of carbonyl (C=O) groups is 1. The zero-order valence-corrected chi connectivity index (χ0v) is 16.0. The summed E-state index contributed by atoms with van der Waals surface area (Å²) in [4.78, 5) is 14.0. The Kier molecular flexibility index (Phi) is 5.27. The van der Waals surface area contributed by atoms with Crippen molar-refractivity contribution in [3.05, 3.63) is 48.3 Å². The van der Waals surface area contributed by atoms with E-state index in [0.29, 0.717) is 11.8 Å². The molecule has 4 rings (SSSR count). The van der Waals surface area contributed by atoms with Gasteiger partial charge in [0.25, 0.3) is 0 Å². The first kappa shape index (κ1) is 18.2. The molecule has 2 fully saturated rings. The fraction of sp³-hybridized carbons (Fsp3) is 0.524. The van der Waals surface area contributed by atoms with Crippen molar-refractivity contribution in [2.75, 3.05) is 20.2 Å². The van der Waals surface area contributed by atoms with Gasteiger partial charge in [0.15, 0.2) is 0 Å². The second kappa shape index (κ2) is 7.82. The maximum absolute atomic E-state index is 11.5. The predicted molar refractivity (Wildman–Crippen MR) is 103 cm³/mol. The molecule has 0 radical (unpaired) electrons. The van der Waals surface area contributed by atoms with E-state index < -0.39 is 0 Å². The molecule has 1 amide bonds. The van der Waals surface area contributed by atoms with E-state index in [1.165, 1.54) is 5.69 Å². The van der Waals surface area contributed by atoms with Gasteiger partial charge in [0.05, 0.1) is 23.5 Å². The highest BCUT2D eigenvalue weighted by Crippen LogP contribution is 2.38. The molecular formula is C21H28N4O2. The smallest absolute Gasteiger partial charge is 0.217 e. The lowest BCUT2D eigenvalue weighted by molar-refractivity contribution is -0.121. The van der Waals surface area contributed by atoms with Crippen LogP contribution in [0.1, 0.15) is 25.5 Å². The van der Waals surface area contributed by atoms with Crippen LogP contribution in [0.4, 0.5) is 0 Å². The minimum atomic E-state index is 0.0297. The van der Waals surface area contributed by atoms with Gasteiger partial charge in [-0.25, -0.2) is 4.68 Å². The van der Waals surface area contributed by atoms with E-state index in [1.54, 1.807) is 14.0 Å². The second-order valence-electron chi connectivity index (χ2n) is 7.84. The maximum atomic E-state index is 11.5. The van der Waals surface area contributed by atoms with Crippen molar-refractivity contribution in [1.82, 2.24) is 20.0 Å². The fourth-order valence-electron chi connectivity index (χ4n) is 4.79. The van der Waals surface area contributed by atoms with Crippen molar-refractivity contribution in [2.45, 2.75) is 38.5 Å². The molecule has 0 unspecified atom stereocenters. The van der Waals surface area contributed by atoms with Gasteiger partial charge in [0.1, 0.15) is 0 Å².